The number of hydrogen-bond acceptors (Lipinski definition) is 2. The van der Waals surface area contributed by atoms with E-state index in [9.17, 15) is 9.59 Å². The van der Waals surface area contributed by atoms with E-state index in [1.807, 2.05) is 0 Å². The molecule has 4 rings (SSSR count). The molecule has 0 spiro atoms. The Balaban J connectivity index is 2.04. The van der Waals surface area contributed by atoms with Crippen LogP contribution in [0.1, 0.15) is 19.3 Å². The lowest BCUT2D eigenvalue weighted by atomic mass is 9.55. The van der Waals surface area contributed by atoms with Crippen LogP contribution in [-0.4, -0.2) is 15.5 Å². The molecule has 0 aromatic carbocycles. The first kappa shape index (κ1) is 8.38. The Kier molecular flexibility index (Phi) is 1.65. The van der Waals surface area contributed by atoms with E-state index in [1.54, 1.807) is 0 Å². The van der Waals surface area contributed by atoms with Gasteiger partial charge in [0.05, 0.1) is 0 Å². The van der Waals surface area contributed by atoms with E-state index in [2.05, 4.69) is 22.6 Å². The molecule has 4 bridgehead atoms. The number of Topliss-reactive ketones (excluding diaryl/α,β-unsaturated/α-hetero) is 2. The van der Waals surface area contributed by atoms with Gasteiger partial charge in [-0.15, -0.1) is 0 Å². The van der Waals surface area contributed by atoms with Gasteiger partial charge in [-0.25, -0.2) is 0 Å². The van der Waals surface area contributed by atoms with Crippen molar-refractivity contribution in [2.24, 2.45) is 23.7 Å². The molecule has 0 aromatic heterocycles. The molecule has 0 radical (unpaired) electrons. The lowest BCUT2D eigenvalue weighted by molar-refractivity contribution is -0.149. The number of ketones is 2. The topological polar surface area (TPSA) is 34.1 Å². The highest BCUT2D eigenvalue weighted by Gasteiger charge is 2.56. The van der Waals surface area contributed by atoms with Crippen LogP contribution in [0, 0.1) is 23.7 Å². The van der Waals surface area contributed by atoms with Crippen molar-refractivity contribution in [3.05, 3.63) is 0 Å². The summed E-state index contributed by atoms with van der Waals surface area (Å²) in [6.07, 6.45) is 2.59. The van der Waals surface area contributed by atoms with Crippen LogP contribution in [0.2, 0.25) is 0 Å². The maximum absolute atomic E-state index is 11.8. The van der Waals surface area contributed by atoms with Crippen LogP contribution in [0.25, 0.3) is 0 Å². The van der Waals surface area contributed by atoms with E-state index in [-0.39, 0.29) is 23.7 Å². The maximum Gasteiger partial charge on any atom is 0.140 e. The maximum atomic E-state index is 11.8. The van der Waals surface area contributed by atoms with Crippen LogP contribution in [-0.2, 0) is 9.59 Å². The van der Waals surface area contributed by atoms with Gasteiger partial charge in [-0.2, -0.15) is 0 Å². The van der Waals surface area contributed by atoms with Gasteiger partial charge < -0.3 is 0 Å². The summed E-state index contributed by atoms with van der Waals surface area (Å²) in [5.74, 6) is 1.86. The molecule has 2 nitrogen and oxygen atoms in total. The van der Waals surface area contributed by atoms with Crippen LogP contribution in [0.4, 0.5) is 0 Å². The number of alkyl halides is 1. The molecular formula is C10H11IO2. The van der Waals surface area contributed by atoms with Gasteiger partial charge in [-0.05, 0) is 19.3 Å². The van der Waals surface area contributed by atoms with Gasteiger partial charge in [0.25, 0.3) is 0 Å². The summed E-state index contributed by atoms with van der Waals surface area (Å²) in [5.41, 5.74) is 0. The molecule has 3 heteroatoms. The second kappa shape index (κ2) is 2.55. The standard InChI is InChI=1S/C10H11IO2/c11-8-6-2-4-1-5(10(6)13)3-7(8)9(4)12/h4-8H,1-3H2/t4-,5-,6+,7+/m1/s1. The molecule has 13 heavy (non-hydrogen) atoms. The van der Waals surface area contributed by atoms with E-state index in [0.717, 1.165) is 19.3 Å². The zero-order valence-corrected chi connectivity index (χ0v) is 9.36. The summed E-state index contributed by atoms with van der Waals surface area (Å²) in [5, 5.41) is 0. The molecule has 0 amide bonds. The minimum Gasteiger partial charge on any atom is -0.299 e. The molecule has 0 N–H and O–H groups in total. The van der Waals surface area contributed by atoms with Crippen LogP contribution < -0.4 is 0 Å². The Morgan fingerprint density at radius 1 is 0.923 bits per heavy atom. The summed E-state index contributed by atoms with van der Waals surface area (Å²) in [4.78, 5) is 23.5. The van der Waals surface area contributed by atoms with E-state index >= 15 is 0 Å². The zero-order chi connectivity index (χ0) is 9.16. The van der Waals surface area contributed by atoms with Crippen molar-refractivity contribution in [1.82, 2.24) is 0 Å². The number of hydrogen-bond donors (Lipinski definition) is 0. The van der Waals surface area contributed by atoms with Gasteiger partial charge >= 0.3 is 0 Å². The molecule has 0 saturated heterocycles. The van der Waals surface area contributed by atoms with E-state index in [0.29, 0.717) is 15.5 Å². The fourth-order valence-corrected chi connectivity index (χ4v) is 4.60. The molecule has 4 fully saturated rings. The first-order valence-electron chi connectivity index (χ1n) is 4.90. The van der Waals surface area contributed by atoms with Crippen molar-refractivity contribution >= 4 is 34.2 Å². The van der Waals surface area contributed by atoms with E-state index in [1.165, 1.54) is 0 Å². The Morgan fingerprint density at radius 2 is 1.38 bits per heavy atom. The summed E-state index contributed by atoms with van der Waals surface area (Å²) < 4.78 is 0.311. The molecule has 70 valence electrons. The van der Waals surface area contributed by atoms with Crippen molar-refractivity contribution < 1.29 is 9.59 Å². The lowest BCUT2D eigenvalue weighted by Gasteiger charge is -2.50. The fourth-order valence-electron chi connectivity index (χ4n) is 3.31. The van der Waals surface area contributed by atoms with Gasteiger partial charge in [-0.3, -0.25) is 9.59 Å². The molecule has 4 aliphatic carbocycles. The first-order valence-corrected chi connectivity index (χ1v) is 6.14. The van der Waals surface area contributed by atoms with Crippen molar-refractivity contribution in [2.75, 3.05) is 0 Å². The third-order valence-electron chi connectivity index (χ3n) is 3.95. The summed E-state index contributed by atoms with van der Waals surface area (Å²) in [7, 11) is 0. The third-order valence-corrected chi connectivity index (χ3v) is 5.69. The highest BCUT2D eigenvalue weighted by molar-refractivity contribution is 14.1. The summed E-state index contributed by atoms with van der Waals surface area (Å²) in [6, 6.07) is 0. The molecule has 0 aliphatic heterocycles. The van der Waals surface area contributed by atoms with Crippen LogP contribution in [0.3, 0.4) is 0 Å². The Morgan fingerprint density at radius 3 is 1.85 bits per heavy atom. The Labute approximate surface area is 90.6 Å². The number of rotatable bonds is 0. The Hall–Kier alpha value is 0.0700. The van der Waals surface area contributed by atoms with Gasteiger partial charge in [0.2, 0.25) is 0 Å². The number of halogens is 1. The van der Waals surface area contributed by atoms with E-state index < -0.39 is 0 Å². The van der Waals surface area contributed by atoms with Gasteiger partial charge in [-0.1, -0.05) is 22.6 Å². The monoisotopic (exact) mass is 290 g/mol. The molecule has 0 heterocycles. The normalized spacial score (nSPS) is 53.2. The van der Waals surface area contributed by atoms with Crippen molar-refractivity contribution in [3.63, 3.8) is 0 Å². The Bertz CT molecular complexity index is 271. The van der Waals surface area contributed by atoms with Gasteiger partial charge in [0.1, 0.15) is 11.6 Å². The quantitative estimate of drug-likeness (QED) is 0.501. The fraction of sp³-hybridized carbons (Fsp3) is 0.800. The predicted octanol–water partition coefficient (Wildman–Crippen LogP) is 1.60. The molecule has 4 aliphatic rings. The van der Waals surface area contributed by atoms with Crippen molar-refractivity contribution in [3.8, 4) is 0 Å². The van der Waals surface area contributed by atoms with Crippen molar-refractivity contribution in [2.45, 2.75) is 23.2 Å². The van der Waals surface area contributed by atoms with Crippen LogP contribution in [0.5, 0.6) is 0 Å². The minimum atomic E-state index is 0.223. The second-order valence-electron chi connectivity index (χ2n) is 4.56. The van der Waals surface area contributed by atoms with Crippen LogP contribution >= 0.6 is 22.6 Å². The largest absolute Gasteiger partial charge is 0.299 e. The van der Waals surface area contributed by atoms with Gasteiger partial charge in [0, 0.05) is 27.6 Å². The highest BCUT2D eigenvalue weighted by Crippen LogP contribution is 2.52. The smallest absolute Gasteiger partial charge is 0.140 e. The lowest BCUT2D eigenvalue weighted by Crippen LogP contribution is -2.56. The highest BCUT2D eigenvalue weighted by atomic mass is 127. The first-order chi connectivity index (χ1) is 6.18. The molecule has 0 aromatic rings. The van der Waals surface area contributed by atoms with Crippen molar-refractivity contribution in [1.29, 1.82) is 0 Å². The number of carbonyl (C=O) groups excluding carboxylic acids is 2. The third kappa shape index (κ3) is 0.941. The SMILES string of the molecule is O=C1[C@@H]2C[C@@H]3C[C@H]1C(I)[C@H](C2)C3=O. The van der Waals surface area contributed by atoms with E-state index in [4.69, 9.17) is 0 Å². The zero-order valence-electron chi connectivity index (χ0n) is 7.20. The average Bonchev–Trinajstić information content (AvgIpc) is 2.10. The molecule has 4 saturated carbocycles. The van der Waals surface area contributed by atoms with Gasteiger partial charge in [0.15, 0.2) is 0 Å². The molecular weight excluding hydrogens is 279 g/mol. The average molecular weight is 290 g/mol. The predicted molar refractivity (Wildman–Crippen MR) is 55.6 cm³/mol. The molecule has 0 unspecified atom stereocenters. The summed E-state index contributed by atoms with van der Waals surface area (Å²) in [6.45, 7) is 0. The second-order valence-corrected chi connectivity index (χ2v) is 6.00. The molecule has 4 atom stereocenters. The van der Waals surface area contributed by atoms with Crippen LogP contribution in [0.15, 0.2) is 0 Å². The number of carbonyl (C=O) groups is 2. The minimum absolute atomic E-state index is 0.223. The summed E-state index contributed by atoms with van der Waals surface area (Å²) >= 11 is 2.32.